The highest BCUT2D eigenvalue weighted by Crippen LogP contribution is 2.34. The lowest BCUT2D eigenvalue weighted by molar-refractivity contribution is 0.254. The van der Waals surface area contributed by atoms with Crippen LogP contribution in [0.25, 0.3) is 40.1 Å². The van der Waals surface area contributed by atoms with E-state index in [1.807, 2.05) is 102 Å². The van der Waals surface area contributed by atoms with Crippen molar-refractivity contribution in [2.75, 3.05) is 0 Å². The van der Waals surface area contributed by atoms with Crippen molar-refractivity contribution < 1.29 is 4.74 Å². The summed E-state index contributed by atoms with van der Waals surface area (Å²) in [5.41, 5.74) is 5.57. The van der Waals surface area contributed by atoms with Gasteiger partial charge in [0.05, 0.1) is 10.2 Å². The van der Waals surface area contributed by atoms with Crippen molar-refractivity contribution in [2.24, 2.45) is 0 Å². The molecule has 0 N–H and O–H groups in total. The Labute approximate surface area is 228 Å². The van der Waals surface area contributed by atoms with Crippen LogP contribution in [0.2, 0.25) is 0 Å². The molecule has 190 valence electrons. The molecule has 1 aliphatic rings. The molecule has 0 saturated heterocycles. The van der Waals surface area contributed by atoms with Gasteiger partial charge in [0.25, 0.3) is 5.56 Å². The summed E-state index contributed by atoms with van der Waals surface area (Å²) in [5, 5.41) is 9.36. The third-order valence-corrected chi connectivity index (χ3v) is 7.60. The molecule has 0 saturated carbocycles. The molecule has 7 rings (SSSR count). The highest BCUT2D eigenvalue weighted by molar-refractivity contribution is 7.15. The van der Waals surface area contributed by atoms with Crippen LogP contribution in [-0.2, 0) is 6.42 Å². The van der Waals surface area contributed by atoms with E-state index in [1.165, 1.54) is 21.4 Å². The summed E-state index contributed by atoms with van der Waals surface area (Å²) < 4.78 is 9.67. The van der Waals surface area contributed by atoms with E-state index in [0.29, 0.717) is 15.3 Å². The fourth-order valence-corrected chi connectivity index (χ4v) is 5.70. The fraction of sp³-hybridized carbons (Fsp3) is 0.0968. The number of hydrogen-bond acceptors (Lipinski definition) is 6. The lowest BCUT2D eigenvalue weighted by atomic mass is 10.0. The molecule has 39 heavy (non-hydrogen) atoms. The first-order chi connectivity index (χ1) is 19.1. The zero-order valence-electron chi connectivity index (χ0n) is 21.1. The molecule has 3 aromatic carbocycles. The summed E-state index contributed by atoms with van der Waals surface area (Å²) in [5.74, 6) is 1.42. The van der Waals surface area contributed by atoms with Crippen LogP contribution in [0.5, 0.6) is 5.75 Å². The maximum atomic E-state index is 13.3. The molecule has 8 heteroatoms. The van der Waals surface area contributed by atoms with Gasteiger partial charge in [-0.1, -0.05) is 65.9 Å². The van der Waals surface area contributed by atoms with Gasteiger partial charge >= 0.3 is 0 Å². The Kier molecular flexibility index (Phi) is 5.67. The van der Waals surface area contributed by atoms with Gasteiger partial charge < -0.3 is 4.74 Å². The van der Waals surface area contributed by atoms with Gasteiger partial charge in [-0.3, -0.25) is 4.79 Å². The minimum atomic E-state index is -0.198. The molecule has 0 radical (unpaired) electrons. The van der Waals surface area contributed by atoms with Crippen LogP contribution in [0.15, 0.2) is 89.9 Å². The first-order valence-electron chi connectivity index (χ1n) is 12.7. The van der Waals surface area contributed by atoms with Crippen LogP contribution >= 0.6 is 11.3 Å². The SMILES string of the molecule is CC1Cc2cc(-c3nn(-c4ccccc4)cc3/C=c3\sc4nc(/C=C/c5ccccc5)nn4c3=O)ccc2O1. The summed E-state index contributed by atoms with van der Waals surface area (Å²) in [7, 11) is 0. The number of benzene rings is 3. The molecule has 6 aromatic rings. The summed E-state index contributed by atoms with van der Waals surface area (Å²) in [6.45, 7) is 2.07. The molecule has 4 heterocycles. The zero-order chi connectivity index (χ0) is 26.3. The molecule has 0 fully saturated rings. The van der Waals surface area contributed by atoms with E-state index in [2.05, 4.69) is 23.1 Å². The van der Waals surface area contributed by atoms with Crippen molar-refractivity contribution in [3.63, 3.8) is 0 Å². The van der Waals surface area contributed by atoms with Crippen LogP contribution in [0.3, 0.4) is 0 Å². The number of nitrogens with zero attached hydrogens (tertiary/aromatic N) is 5. The molecule has 1 aliphatic heterocycles. The molecule has 0 amide bonds. The van der Waals surface area contributed by atoms with Gasteiger partial charge in [0, 0.05) is 23.7 Å². The average molecular weight is 530 g/mol. The second kappa shape index (κ2) is 9.49. The topological polar surface area (TPSA) is 74.3 Å². The number of thiazole rings is 1. The van der Waals surface area contributed by atoms with E-state index in [-0.39, 0.29) is 11.7 Å². The summed E-state index contributed by atoms with van der Waals surface area (Å²) in [6, 6.07) is 26.0. The molecule has 1 unspecified atom stereocenters. The molecule has 7 nitrogen and oxygen atoms in total. The van der Waals surface area contributed by atoms with Crippen molar-refractivity contribution in [1.82, 2.24) is 24.4 Å². The minimum Gasteiger partial charge on any atom is -0.490 e. The summed E-state index contributed by atoms with van der Waals surface area (Å²) in [6.07, 6.45) is 8.62. The van der Waals surface area contributed by atoms with E-state index in [0.717, 1.165) is 40.2 Å². The van der Waals surface area contributed by atoms with Gasteiger partial charge in [-0.15, -0.1) is 5.10 Å². The second-order valence-corrected chi connectivity index (χ2v) is 10.5. The quantitative estimate of drug-likeness (QED) is 0.313. The first kappa shape index (κ1) is 23.3. The van der Waals surface area contributed by atoms with E-state index in [9.17, 15) is 4.79 Å². The van der Waals surface area contributed by atoms with Gasteiger partial charge in [0.1, 0.15) is 17.5 Å². The third-order valence-electron chi connectivity index (χ3n) is 6.64. The summed E-state index contributed by atoms with van der Waals surface area (Å²) >= 11 is 1.32. The minimum absolute atomic E-state index is 0.161. The van der Waals surface area contributed by atoms with E-state index < -0.39 is 0 Å². The molecular weight excluding hydrogens is 506 g/mol. The van der Waals surface area contributed by atoms with Crippen LogP contribution < -0.4 is 14.8 Å². The molecule has 0 spiro atoms. The van der Waals surface area contributed by atoms with E-state index in [4.69, 9.17) is 9.84 Å². The lowest BCUT2D eigenvalue weighted by Crippen LogP contribution is -2.23. The summed E-state index contributed by atoms with van der Waals surface area (Å²) in [4.78, 5) is 18.4. The van der Waals surface area contributed by atoms with Crippen molar-refractivity contribution in [3.8, 4) is 22.7 Å². The Morgan fingerprint density at radius 2 is 1.77 bits per heavy atom. The number of ether oxygens (including phenoxy) is 1. The van der Waals surface area contributed by atoms with Crippen molar-refractivity contribution in [1.29, 1.82) is 0 Å². The smallest absolute Gasteiger partial charge is 0.291 e. The molecule has 0 aliphatic carbocycles. The Balaban J connectivity index is 1.31. The Bertz CT molecular complexity index is 1960. The van der Waals surface area contributed by atoms with Crippen molar-refractivity contribution in [3.05, 3.63) is 122 Å². The molecule has 0 bridgehead atoms. The van der Waals surface area contributed by atoms with Gasteiger partial charge in [0.2, 0.25) is 4.96 Å². The highest BCUT2D eigenvalue weighted by Gasteiger charge is 2.21. The Morgan fingerprint density at radius 3 is 2.56 bits per heavy atom. The third kappa shape index (κ3) is 4.45. The van der Waals surface area contributed by atoms with E-state index in [1.54, 1.807) is 0 Å². The maximum Gasteiger partial charge on any atom is 0.291 e. The number of fused-ring (bicyclic) bond motifs is 2. The monoisotopic (exact) mass is 529 g/mol. The van der Waals surface area contributed by atoms with Crippen LogP contribution in [0, 0.1) is 0 Å². The predicted octanol–water partition coefficient (Wildman–Crippen LogP) is 5.05. The number of hydrogen-bond donors (Lipinski definition) is 0. The standard InChI is InChI=1S/C31H23N5O2S/c1-20-16-23-17-22(13-14-26(23)38-20)29-24(19-35(34-29)25-10-6-3-7-11-25)18-27-30(37)36-31(39-27)32-28(33-36)15-12-21-8-4-2-5-9-21/h2-15,17-20H,16H2,1H3/b15-12+,27-18-. The Hall–Kier alpha value is -4.82. The van der Waals surface area contributed by atoms with Crippen molar-refractivity contribution >= 4 is 34.5 Å². The van der Waals surface area contributed by atoms with Gasteiger partial charge in [-0.05, 0) is 60.5 Å². The second-order valence-electron chi connectivity index (χ2n) is 9.49. The zero-order valence-corrected chi connectivity index (χ0v) is 21.9. The van der Waals surface area contributed by atoms with Gasteiger partial charge in [-0.25, -0.2) is 4.68 Å². The molecule has 1 atom stereocenters. The predicted molar refractivity (Wildman–Crippen MR) is 154 cm³/mol. The first-order valence-corrected chi connectivity index (χ1v) is 13.5. The largest absolute Gasteiger partial charge is 0.490 e. The van der Waals surface area contributed by atoms with Crippen LogP contribution in [-0.4, -0.2) is 30.5 Å². The van der Waals surface area contributed by atoms with Gasteiger partial charge in [-0.2, -0.15) is 14.6 Å². The average Bonchev–Trinajstić information content (AvgIpc) is 3.72. The molecule has 3 aromatic heterocycles. The number of aromatic nitrogens is 5. The van der Waals surface area contributed by atoms with E-state index >= 15 is 0 Å². The normalized spacial score (nSPS) is 15.3. The molecular formula is C31H23N5O2S. The van der Waals surface area contributed by atoms with Crippen LogP contribution in [0.1, 0.15) is 29.4 Å². The maximum absolute atomic E-state index is 13.3. The van der Waals surface area contributed by atoms with Crippen LogP contribution in [0.4, 0.5) is 0 Å². The number of rotatable bonds is 5. The fourth-order valence-electron chi connectivity index (χ4n) is 4.80. The van der Waals surface area contributed by atoms with Crippen molar-refractivity contribution in [2.45, 2.75) is 19.4 Å². The number of para-hydroxylation sites is 1. The highest BCUT2D eigenvalue weighted by atomic mass is 32.1. The Morgan fingerprint density at radius 1 is 0.974 bits per heavy atom. The van der Waals surface area contributed by atoms with Gasteiger partial charge in [0.15, 0.2) is 5.82 Å². The lowest BCUT2D eigenvalue weighted by Gasteiger charge is -2.04.